The zero-order valence-corrected chi connectivity index (χ0v) is 13.8. The smallest absolute Gasteiger partial charge is 0.376 e. The molecule has 24 heavy (non-hydrogen) atoms. The third-order valence-electron chi connectivity index (χ3n) is 5.98. The van der Waals surface area contributed by atoms with E-state index in [2.05, 4.69) is 4.18 Å². The molecule has 0 radical (unpaired) electrons. The summed E-state index contributed by atoms with van der Waals surface area (Å²) in [5.41, 5.74) is -4.31. The van der Waals surface area contributed by atoms with E-state index in [4.69, 9.17) is 0 Å². The lowest BCUT2D eigenvalue weighted by Crippen LogP contribution is -2.43. The Morgan fingerprint density at radius 3 is 1.83 bits per heavy atom. The molecular formula is C17H19F3O3S. The monoisotopic (exact) mass is 360 g/mol. The van der Waals surface area contributed by atoms with Crippen molar-refractivity contribution >= 4 is 10.1 Å². The predicted octanol–water partition coefficient (Wildman–Crippen LogP) is 4.45. The van der Waals surface area contributed by atoms with E-state index < -0.39 is 15.6 Å². The first-order chi connectivity index (χ1) is 11.2. The standard InChI is InChI=1S/C17H19F3O3S/c18-17(19,20)24(21,22)23-15-3-1-12(2-4-15)16-13-6-10-5-11(8-13)9-14(16)7-10/h1-4,10-11,13-14,16H,5-9H2. The van der Waals surface area contributed by atoms with Gasteiger partial charge in [-0.25, -0.2) is 0 Å². The lowest BCUT2D eigenvalue weighted by Gasteiger charge is -2.54. The largest absolute Gasteiger partial charge is 0.534 e. The molecule has 3 nitrogen and oxygen atoms in total. The fourth-order valence-corrected chi connectivity index (χ4v) is 5.85. The maximum Gasteiger partial charge on any atom is 0.534 e. The van der Waals surface area contributed by atoms with Gasteiger partial charge >= 0.3 is 15.6 Å². The Kier molecular flexibility index (Phi) is 3.64. The number of hydrogen-bond donors (Lipinski definition) is 0. The third kappa shape index (κ3) is 2.70. The van der Waals surface area contributed by atoms with E-state index in [0.29, 0.717) is 17.8 Å². The van der Waals surface area contributed by atoms with Crippen molar-refractivity contribution in [3.63, 3.8) is 0 Å². The Labute approximate surface area is 139 Å². The van der Waals surface area contributed by atoms with Gasteiger partial charge in [0.1, 0.15) is 5.75 Å². The zero-order chi connectivity index (χ0) is 17.1. The number of rotatable bonds is 3. The van der Waals surface area contributed by atoms with Crippen molar-refractivity contribution in [1.29, 1.82) is 0 Å². The molecule has 0 spiro atoms. The highest BCUT2D eigenvalue weighted by Gasteiger charge is 2.49. The summed E-state index contributed by atoms with van der Waals surface area (Å²) in [6.45, 7) is 0. The average molecular weight is 360 g/mol. The summed E-state index contributed by atoms with van der Waals surface area (Å²) >= 11 is 0. The predicted molar refractivity (Wildman–Crippen MR) is 81.8 cm³/mol. The second-order valence-electron chi connectivity index (χ2n) is 7.51. The van der Waals surface area contributed by atoms with Crippen LogP contribution in [0.5, 0.6) is 5.75 Å². The molecule has 4 aliphatic carbocycles. The lowest BCUT2D eigenvalue weighted by molar-refractivity contribution is -0.0500. The van der Waals surface area contributed by atoms with Gasteiger partial charge in [0.25, 0.3) is 0 Å². The van der Waals surface area contributed by atoms with Crippen LogP contribution in [0.25, 0.3) is 0 Å². The highest BCUT2D eigenvalue weighted by molar-refractivity contribution is 7.88. The van der Waals surface area contributed by atoms with Crippen LogP contribution in [0.1, 0.15) is 43.6 Å². The molecule has 0 unspecified atom stereocenters. The summed E-state index contributed by atoms with van der Waals surface area (Å²) in [6, 6.07) is 6.13. The van der Waals surface area contributed by atoms with Crippen LogP contribution in [0.4, 0.5) is 13.2 Å². The van der Waals surface area contributed by atoms with Crippen LogP contribution in [0.15, 0.2) is 24.3 Å². The Hall–Kier alpha value is -1.24. The summed E-state index contributed by atoms with van der Waals surface area (Å²) in [7, 11) is -5.61. The summed E-state index contributed by atoms with van der Waals surface area (Å²) in [5.74, 6) is 3.18. The molecule has 0 saturated heterocycles. The SMILES string of the molecule is O=S(=O)(Oc1ccc(C2C3CC4CC(C3)CC2C4)cc1)C(F)(F)F. The maximum absolute atomic E-state index is 12.4. The molecule has 0 N–H and O–H groups in total. The molecule has 0 aliphatic heterocycles. The first kappa shape index (κ1) is 16.2. The second kappa shape index (κ2) is 5.38. The van der Waals surface area contributed by atoms with Crippen molar-refractivity contribution in [3.05, 3.63) is 29.8 Å². The van der Waals surface area contributed by atoms with E-state index in [1.165, 1.54) is 44.2 Å². The molecule has 7 heteroatoms. The molecule has 132 valence electrons. The van der Waals surface area contributed by atoms with Crippen LogP contribution in [0.3, 0.4) is 0 Å². The van der Waals surface area contributed by atoms with Gasteiger partial charge in [0.2, 0.25) is 0 Å². The van der Waals surface area contributed by atoms with E-state index in [-0.39, 0.29) is 5.75 Å². The third-order valence-corrected chi connectivity index (χ3v) is 6.96. The van der Waals surface area contributed by atoms with Gasteiger partial charge in [-0.05, 0) is 79.4 Å². The normalized spacial score (nSPS) is 35.2. The van der Waals surface area contributed by atoms with Crippen LogP contribution >= 0.6 is 0 Å². The Balaban J connectivity index is 1.53. The van der Waals surface area contributed by atoms with Crippen LogP contribution in [0.2, 0.25) is 0 Å². The van der Waals surface area contributed by atoms with Gasteiger partial charge in [0.15, 0.2) is 0 Å². The molecular weight excluding hydrogens is 341 g/mol. The molecule has 1 aromatic carbocycles. The number of benzene rings is 1. The minimum atomic E-state index is -5.61. The quantitative estimate of drug-likeness (QED) is 0.591. The molecule has 0 aromatic heterocycles. The van der Waals surface area contributed by atoms with Gasteiger partial charge < -0.3 is 4.18 Å². The van der Waals surface area contributed by atoms with Gasteiger partial charge in [-0.3, -0.25) is 0 Å². The first-order valence-electron chi connectivity index (χ1n) is 8.33. The van der Waals surface area contributed by atoms with E-state index in [1.807, 2.05) is 0 Å². The van der Waals surface area contributed by atoms with Crippen molar-refractivity contribution < 1.29 is 25.8 Å². The van der Waals surface area contributed by atoms with Crippen LogP contribution in [-0.2, 0) is 10.1 Å². The first-order valence-corrected chi connectivity index (χ1v) is 9.74. The lowest BCUT2D eigenvalue weighted by atomic mass is 9.51. The number of halogens is 3. The minimum Gasteiger partial charge on any atom is -0.376 e. The average Bonchev–Trinajstić information content (AvgIpc) is 2.46. The van der Waals surface area contributed by atoms with E-state index in [9.17, 15) is 21.6 Å². The van der Waals surface area contributed by atoms with Crippen molar-refractivity contribution in [2.75, 3.05) is 0 Å². The summed E-state index contributed by atoms with van der Waals surface area (Å²) in [5, 5.41) is 0. The molecule has 1 aromatic rings. The molecule has 4 saturated carbocycles. The van der Waals surface area contributed by atoms with Gasteiger partial charge in [0, 0.05) is 0 Å². The maximum atomic E-state index is 12.4. The van der Waals surface area contributed by atoms with Crippen LogP contribution in [-0.4, -0.2) is 13.9 Å². The Morgan fingerprint density at radius 2 is 1.38 bits per heavy atom. The molecule has 0 amide bonds. The number of alkyl halides is 3. The fourth-order valence-electron chi connectivity index (χ4n) is 5.39. The van der Waals surface area contributed by atoms with E-state index in [0.717, 1.165) is 17.4 Å². The Bertz CT molecular complexity index is 696. The summed E-state index contributed by atoms with van der Waals surface area (Å²) < 4.78 is 63.4. The van der Waals surface area contributed by atoms with Gasteiger partial charge in [-0.1, -0.05) is 12.1 Å². The molecule has 4 bridgehead atoms. The molecule has 0 atom stereocenters. The van der Waals surface area contributed by atoms with Crippen molar-refractivity contribution in [3.8, 4) is 5.75 Å². The van der Waals surface area contributed by atoms with Crippen molar-refractivity contribution in [1.82, 2.24) is 0 Å². The van der Waals surface area contributed by atoms with E-state index in [1.54, 1.807) is 12.1 Å². The summed E-state index contributed by atoms with van der Waals surface area (Å²) in [4.78, 5) is 0. The minimum absolute atomic E-state index is 0.292. The molecule has 0 heterocycles. The van der Waals surface area contributed by atoms with Crippen LogP contribution < -0.4 is 4.18 Å². The highest BCUT2D eigenvalue weighted by atomic mass is 32.2. The second-order valence-corrected chi connectivity index (χ2v) is 9.05. The van der Waals surface area contributed by atoms with Gasteiger partial charge in [0.05, 0.1) is 0 Å². The van der Waals surface area contributed by atoms with Gasteiger partial charge in [-0.2, -0.15) is 21.6 Å². The Morgan fingerprint density at radius 1 is 0.875 bits per heavy atom. The molecule has 4 fully saturated rings. The molecule has 4 aliphatic rings. The molecule has 5 rings (SSSR count). The summed E-state index contributed by atoms with van der Waals surface area (Å²) in [6.07, 6.45) is 6.36. The van der Waals surface area contributed by atoms with Crippen molar-refractivity contribution in [2.24, 2.45) is 23.7 Å². The van der Waals surface area contributed by atoms with E-state index >= 15 is 0 Å². The van der Waals surface area contributed by atoms with Gasteiger partial charge in [-0.15, -0.1) is 0 Å². The highest BCUT2D eigenvalue weighted by Crippen LogP contribution is 2.59. The topological polar surface area (TPSA) is 43.4 Å². The zero-order valence-electron chi connectivity index (χ0n) is 13.0. The van der Waals surface area contributed by atoms with Crippen molar-refractivity contribution in [2.45, 2.75) is 43.5 Å². The fraction of sp³-hybridized carbons (Fsp3) is 0.647. The van der Waals surface area contributed by atoms with Crippen LogP contribution in [0, 0.1) is 23.7 Å². The number of hydrogen-bond acceptors (Lipinski definition) is 3.